The standard InChI is InChI=1S/C9H14N.ClH.Zn/c1-2-3-7-10-8-5-4-6-9-10;;/h4-6,8-9H,2-3,7H2,1H3;1H;/q+1;;/p-1. The number of aromatic nitrogens is 1. The maximum absolute atomic E-state index is 2.21. The molecule has 1 nitrogen and oxygen atoms in total. The Hall–Kier alpha value is 0.0634. The van der Waals surface area contributed by atoms with Crippen molar-refractivity contribution in [2.45, 2.75) is 26.3 Å². The number of aryl methyl sites for hydroxylation is 1. The molecule has 0 atom stereocenters. The third-order valence-electron chi connectivity index (χ3n) is 1.55. The summed E-state index contributed by atoms with van der Waals surface area (Å²) in [6.07, 6.45) is 6.75. The molecule has 0 spiro atoms. The van der Waals surface area contributed by atoms with Crippen LogP contribution >= 0.6 is 0 Å². The quantitative estimate of drug-likeness (QED) is 0.458. The van der Waals surface area contributed by atoms with Gasteiger partial charge in [-0.1, -0.05) is 19.4 Å². The molecule has 0 saturated heterocycles. The van der Waals surface area contributed by atoms with E-state index in [1.54, 1.807) is 0 Å². The molecule has 0 aliphatic heterocycles. The fourth-order valence-corrected chi connectivity index (χ4v) is 0.924. The SMILES string of the molecule is CCCC[n+]1ccccc1.[Cl-].[Zn]. The monoisotopic (exact) mass is 235 g/mol. The first-order valence-corrected chi connectivity index (χ1v) is 3.87. The normalized spacial score (nSPS) is 8.08. The molecule has 0 radical (unpaired) electrons. The zero-order chi connectivity index (χ0) is 7.23. The topological polar surface area (TPSA) is 3.88 Å². The average Bonchev–Trinajstić information content (AvgIpc) is 2.03. The van der Waals surface area contributed by atoms with Crippen LogP contribution in [0.15, 0.2) is 30.6 Å². The number of pyridine rings is 1. The fraction of sp³-hybridized carbons (Fsp3) is 0.444. The van der Waals surface area contributed by atoms with Gasteiger partial charge >= 0.3 is 0 Å². The predicted octanol–water partition coefficient (Wildman–Crippen LogP) is -1.22. The molecule has 64 valence electrons. The van der Waals surface area contributed by atoms with Gasteiger partial charge in [0.05, 0.1) is 0 Å². The van der Waals surface area contributed by atoms with Crippen LogP contribution < -0.4 is 17.0 Å². The van der Waals surface area contributed by atoms with Crippen LogP contribution in [0.4, 0.5) is 0 Å². The molecule has 3 heteroatoms. The van der Waals surface area contributed by atoms with Crippen molar-refractivity contribution in [2.24, 2.45) is 0 Å². The van der Waals surface area contributed by atoms with Crippen molar-refractivity contribution in [3.63, 3.8) is 0 Å². The first-order chi connectivity index (χ1) is 4.93. The van der Waals surface area contributed by atoms with E-state index in [1.807, 2.05) is 6.07 Å². The van der Waals surface area contributed by atoms with Crippen molar-refractivity contribution in [2.75, 3.05) is 0 Å². The first kappa shape index (κ1) is 14.6. The second kappa shape index (κ2) is 9.15. The van der Waals surface area contributed by atoms with E-state index < -0.39 is 0 Å². The Balaban J connectivity index is 0. The minimum Gasteiger partial charge on any atom is -1.00 e. The summed E-state index contributed by atoms with van der Waals surface area (Å²) in [7, 11) is 0. The molecular weight excluding hydrogens is 223 g/mol. The number of hydrogen-bond donors (Lipinski definition) is 0. The van der Waals surface area contributed by atoms with Crippen LogP contribution in [-0.4, -0.2) is 0 Å². The van der Waals surface area contributed by atoms with E-state index in [0.717, 1.165) is 6.54 Å². The van der Waals surface area contributed by atoms with Crippen molar-refractivity contribution >= 4 is 0 Å². The van der Waals surface area contributed by atoms with E-state index in [1.165, 1.54) is 12.8 Å². The molecule has 0 saturated carbocycles. The molecule has 0 N–H and O–H groups in total. The van der Waals surface area contributed by atoms with Crippen LogP contribution in [-0.2, 0) is 26.0 Å². The van der Waals surface area contributed by atoms with Crippen molar-refractivity contribution in [1.82, 2.24) is 0 Å². The molecule has 0 aliphatic rings. The van der Waals surface area contributed by atoms with Crippen LogP contribution in [0.1, 0.15) is 19.8 Å². The summed E-state index contributed by atoms with van der Waals surface area (Å²) in [5.41, 5.74) is 0. The van der Waals surface area contributed by atoms with Gasteiger partial charge in [0.15, 0.2) is 12.4 Å². The van der Waals surface area contributed by atoms with E-state index in [4.69, 9.17) is 0 Å². The van der Waals surface area contributed by atoms with Gasteiger partial charge < -0.3 is 12.4 Å². The summed E-state index contributed by atoms with van der Waals surface area (Å²) in [4.78, 5) is 0. The van der Waals surface area contributed by atoms with E-state index in [9.17, 15) is 0 Å². The molecule has 0 unspecified atom stereocenters. The van der Waals surface area contributed by atoms with Gasteiger partial charge in [-0.15, -0.1) is 0 Å². The maximum Gasteiger partial charge on any atom is 0.168 e. The first-order valence-electron chi connectivity index (χ1n) is 3.87. The molecule has 0 aromatic carbocycles. The Labute approximate surface area is 93.4 Å². The molecule has 1 heterocycles. The number of nitrogens with zero attached hydrogens (tertiary/aromatic N) is 1. The Morgan fingerprint density at radius 2 is 1.67 bits per heavy atom. The van der Waals surface area contributed by atoms with Crippen LogP contribution in [0, 0.1) is 0 Å². The third kappa shape index (κ3) is 5.68. The van der Waals surface area contributed by atoms with Crippen LogP contribution in [0.3, 0.4) is 0 Å². The van der Waals surface area contributed by atoms with E-state index >= 15 is 0 Å². The Kier molecular flexibility index (Phi) is 11.1. The van der Waals surface area contributed by atoms with Gasteiger partial charge in [-0.3, -0.25) is 0 Å². The molecule has 12 heavy (non-hydrogen) atoms. The summed E-state index contributed by atoms with van der Waals surface area (Å²) in [6.45, 7) is 3.36. The van der Waals surface area contributed by atoms with E-state index in [0.29, 0.717) is 0 Å². The van der Waals surface area contributed by atoms with Crippen molar-refractivity contribution in [3.8, 4) is 0 Å². The van der Waals surface area contributed by atoms with Gasteiger partial charge in [0, 0.05) is 38.0 Å². The molecular formula is C9H14ClNZn. The molecule has 0 amide bonds. The Bertz CT molecular complexity index is 179. The average molecular weight is 237 g/mol. The summed E-state index contributed by atoms with van der Waals surface area (Å²) >= 11 is 0. The van der Waals surface area contributed by atoms with Gasteiger partial charge in [-0.2, -0.15) is 0 Å². The maximum atomic E-state index is 2.21. The summed E-state index contributed by atoms with van der Waals surface area (Å²) in [5.74, 6) is 0. The van der Waals surface area contributed by atoms with Gasteiger partial charge in [0.1, 0.15) is 6.54 Å². The Morgan fingerprint density at radius 1 is 1.08 bits per heavy atom. The number of unbranched alkanes of at least 4 members (excludes halogenated alkanes) is 1. The summed E-state index contributed by atoms with van der Waals surface area (Å²) in [6, 6.07) is 6.17. The van der Waals surface area contributed by atoms with E-state index in [-0.39, 0.29) is 31.9 Å². The fourth-order valence-electron chi connectivity index (χ4n) is 0.924. The largest absolute Gasteiger partial charge is 1.00 e. The van der Waals surface area contributed by atoms with Gasteiger partial charge in [-0.05, 0) is 0 Å². The van der Waals surface area contributed by atoms with Crippen LogP contribution in [0.25, 0.3) is 0 Å². The molecule has 0 bridgehead atoms. The summed E-state index contributed by atoms with van der Waals surface area (Å²) in [5, 5.41) is 0. The van der Waals surface area contributed by atoms with Gasteiger partial charge in [0.2, 0.25) is 0 Å². The molecule has 1 aromatic heterocycles. The summed E-state index contributed by atoms with van der Waals surface area (Å²) < 4.78 is 2.21. The molecule has 0 fully saturated rings. The minimum atomic E-state index is 0. The Morgan fingerprint density at radius 3 is 2.17 bits per heavy atom. The zero-order valence-corrected chi connectivity index (χ0v) is 11.3. The third-order valence-corrected chi connectivity index (χ3v) is 1.55. The number of halogens is 1. The second-order valence-electron chi connectivity index (χ2n) is 2.47. The van der Waals surface area contributed by atoms with Crippen LogP contribution in [0.5, 0.6) is 0 Å². The minimum absolute atomic E-state index is 0. The smallest absolute Gasteiger partial charge is 0.168 e. The van der Waals surface area contributed by atoms with Gasteiger partial charge in [-0.25, -0.2) is 4.57 Å². The zero-order valence-electron chi connectivity index (χ0n) is 7.54. The number of hydrogen-bond acceptors (Lipinski definition) is 0. The van der Waals surface area contributed by atoms with Crippen molar-refractivity contribution < 1.29 is 36.5 Å². The number of rotatable bonds is 3. The van der Waals surface area contributed by atoms with Crippen LogP contribution in [0.2, 0.25) is 0 Å². The van der Waals surface area contributed by atoms with Crippen molar-refractivity contribution in [3.05, 3.63) is 30.6 Å². The predicted molar refractivity (Wildman–Crippen MR) is 41.5 cm³/mol. The second-order valence-corrected chi connectivity index (χ2v) is 2.47. The van der Waals surface area contributed by atoms with Crippen molar-refractivity contribution in [1.29, 1.82) is 0 Å². The molecule has 0 aliphatic carbocycles. The van der Waals surface area contributed by atoms with E-state index in [2.05, 4.69) is 36.0 Å². The van der Waals surface area contributed by atoms with Gasteiger partial charge in [0.25, 0.3) is 0 Å². The molecule has 1 rings (SSSR count). The molecule has 1 aromatic rings.